The van der Waals surface area contributed by atoms with Gasteiger partial charge in [-0.3, -0.25) is 4.79 Å². The fourth-order valence-electron chi connectivity index (χ4n) is 5.33. The molecule has 0 aromatic heterocycles. The second-order valence-corrected chi connectivity index (χ2v) is 9.88. The van der Waals surface area contributed by atoms with E-state index < -0.39 is 5.66 Å². The van der Waals surface area contributed by atoms with Crippen molar-refractivity contribution in [3.05, 3.63) is 95.1 Å². The normalized spacial score (nSPS) is 20.3. The molecule has 1 saturated heterocycles. The lowest BCUT2D eigenvalue weighted by molar-refractivity contribution is -0.124. The van der Waals surface area contributed by atoms with Gasteiger partial charge in [0, 0.05) is 24.1 Å². The molecule has 1 atom stereocenters. The van der Waals surface area contributed by atoms with Crippen LogP contribution in [0.25, 0.3) is 6.08 Å². The molecule has 2 aliphatic heterocycles. The fourth-order valence-corrected chi connectivity index (χ4v) is 5.33. The smallest absolute Gasteiger partial charge is 0.223 e. The van der Waals surface area contributed by atoms with Crippen LogP contribution in [0.5, 0.6) is 11.5 Å². The van der Waals surface area contributed by atoms with Crippen molar-refractivity contribution >= 4 is 17.7 Å². The average molecular weight is 469 g/mol. The van der Waals surface area contributed by atoms with Crippen molar-refractivity contribution < 1.29 is 14.3 Å². The first-order valence-corrected chi connectivity index (χ1v) is 12.1. The summed E-state index contributed by atoms with van der Waals surface area (Å²) in [5, 5.41) is 3.34. The zero-order valence-electron chi connectivity index (χ0n) is 20.8. The monoisotopic (exact) mass is 468 g/mol. The molecule has 0 unspecified atom stereocenters. The lowest BCUT2D eigenvalue weighted by Crippen LogP contribution is -2.68. The Balaban J connectivity index is 1.46. The lowest BCUT2D eigenvalue weighted by Gasteiger charge is -2.49. The Morgan fingerprint density at radius 3 is 2.60 bits per heavy atom. The van der Waals surface area contributed by atoms with E-state index in [0.29, 0.717) is 31.1 Å². The van der Waals surface area contributed by atoms with Gasteiger partial charge in [-0.2, -0.15) is 0 Å². The third kappa shape index (κ3) is 3.95. The van der Waals surface area contributed by atoms with E-state index in [1.807, 2.05) is 48.5 Å². The van der Waals surface area contributed by atoms with Crippen LogP contribution >= 0.6 is 0 Å². The molecule has 3 aromatic rings. The van der Waals surface area contributed by atoms with Gasteiger partial charge < -0.3 is 19.7 Å². The van der Waals surface area contributed by atoms with Gasteiger partial charge in [-0.1, -0.05) is 74.0 Å². The van der Waals surface area contributed by atoms with E-state index >= 15 is 0 Å². The number of methoxy groups -OCH3 is 1. The molecule has 0 aliphatic carbocycles. The van der Waals surface area contributed by atoms with Gasteiger partial charge in [-0.05, 0) is 47.9 Å². The van der Waals surface area contributed by atoms with E-state index in [1.165, 1.54) is 16.8 Å². The van der Waals surface area contributed by atoms with Crippen LogP contribution in [0.2, 0.25) is 0 Å². The van der Waals surface area contributed by atoms with Crippen LogP contribution in [0, 0.1) is 6.92 Å². The van der Waals surface area contributed by atoms with Gasteiger partial charge in [-0.15, -0.1) is 0 Å². The summed E-state index contributed by atoms with van der Waals surface area (Å²) in [6.07, 6.45) is 4.70. The Hall–Kier alpha value is -3.73. The van der Waals surface area contributed by atoms with E-state index in [-0.39, 0.29) is 11.3 Å². The summed E-state index contributed by atoms with van der Waals surface area (Å²) in [6, 6.07) is 22.6. The van der Waals surface area contributed by atoms with Crippen molar-refractivity contribution in [2.45, 2.75) is 44.9 Å². The highest BCUT2D eigenvalue weighted by Crippen LogP contribution is 2.52. The molecule has 2 heterocycles. The number of rotatable bonds is 6. The molecular weight excluding hydrogens is 436 g/mol. The predicted octanol–water partition coefficient (Wildman–Crippen LogP) is 5.61. The molecule has 3 aromatic carbocycles. The number of carbonyl (C=O) groups is 1. The van der Waals surface area contributed by atoms with Crippen molar-refractivity contribution in [2.75, 3.05) is 18.6 Å². The van der Waals surface area contributed by atoms with E-state index in [4.69, 9.17) is 9.47 Å². The molecule has 2 aliphatic rings. The number of aryl methyl sites for hydroxylation is 1. The number of fused-ring (bicyclic) bond motifs is 3. The molecule has 0 bridgehead atoms. The molecule has 1 amide bonds. The molecule has 180 valence electrons. The van der Waals surface area contributed by atoms with E-state index in [9.17, 15) is 4.79 Å². The third-order valence-electron chi connectivity index (χ3n) is 7.33. The Kier molecular flexibility index (Phi) is 5.79. The molecule has 0 saturated carbocycles. The van der Waals surface area contributed by atoms with Gasteiger partial charge in [0.2, 0.25) is 5.91 Å². The summed E-state index contributed by atoms with van der Waals surface area (Å²) in [4.78, 5) is 15.0. The Morgan fingerprint density at radius 2 is 1.83 bits per heavy atom. The summed E-state index contributed by atoms with van der Waals surface area (Å²) in [5.41, 5.74) is 4.78. The summed E-state index contributed by atoms with van der Waals surface area (Å²) < 4.78 is 11.7. The molecule has 0 radical (unpaired) electrons. The van der Waals surface area contributed by atoms with Gasteiger partial charge in [0.15, 0.2) is 11.5 Å². The zero-order valence-corrected chi connectivity index (χ0v) is 20.8. The number of carbonyl (C=O) groups excluding carboxylic acids is 1. The standard InChI is InChI=1S/C30H32N2O3/c1-21-10-12-25-24(18-21)29(2,3)30(31-28(33)15-17-32(25)30)16-14-22-11-13-26(27(19-22)34-4)35-20-23-8-6-5-7-9-23/h5-14,16,18-19H,15,17,20H2,1-4H3,(H,31,33)/t30-/m1/s1. The number of nitrogens with zero attached hydrogens (tertiary/aromatic N) is 1. The summed E-state index contributed by atoms with van der Waals surface area (Å²) >= 11 is 0. The highest BCUT2D eigenvalue weighted by atomic mass is 16.5. The van der Waals surface area contributed by atoms with Gasteiger partial charge in [0.1, 0.15) is 12.3 Å². The first-order valence-electron chi connectivity index (χ1n) is 12.1. The second kappa shape index (κ2) is 8.81. The number of hydrogen-bond donors (Lipinski definition) is 1. The topological polar surface area (TPSA) is 50.8 Å². The number of amides is 1. The van der Waals surface area contributed by atoms with Crippen LogP contribution < -0.4 is 19.7 Å². The van der Waals surface area contributed by atoms with Crippen molar-refractivity contribution in [1.82, 2.24) is 5.32 Å². The summed E-state index contributed by atoms with van der Waals surface area (Å²) in [6.45, 7) is 7.70. The number of nitrogens with one attached hydrogen (secondary N) is 1. The number of hydrogen-bond acceptors (Lipinski definition) is 4. The molecular formula is C30H32N2O3. The maximum absolute atomic E-state index is 12.7. The van der Waals surface area contributed by atoms with Crippen LogP contribution in [0.1, 0.15) is 42.5 Å². The van der Waals surface area contributed by atoms with Crippen LogP contribution in [-0.2, 0) is 16.8 Å². The zero-order chi connectivity index (χ0) is 24.6. The molecule has 5 rings (SSSR count). The lowest BCUT2D eigenvalue weighted by atomic mass is 9.74. The summed E-state index contributed by atoms with van der Waals surface area (Å²) in [5.74, 6) is 1.45. The Bertz CT molecular complexity index is 1280. The minimum Gasteiger partial charge on any atom is -0.493 e. The fraction of sp³-hybridized carbons (Fsp3) is 0.300. The van der Waals surface area contributed by atoms with E-state index in [0.717, 1.165) is 11.1 Å². The number of anilines is 1. The SMILES string of the molecule is COc1cc(C=C[C@@]23NC(=O)CCN2c2ccc(C)cc2C3(C)C)ccc1OCc1ccccc1. The second-order valence-electron chi connectivity index (χ2n) is 9.88. The van der Waals surface area contributed by atoms with Crippen molar-refractivity contribution in [2.24, 2.45) is 0 Å². The maximum atomic E-state index is 12.7. The van der Waals surface area contributed by atoms with Crippen molar-refractivity contribution in [1.29, 1.82) is 0 Å². The van der Waals surface area contributed by atoms with Crippen LogP contribution in [0.4, 0.5) is 5.69 Å². The van der Waals surface area contributed by atoms with E-state index in [1.54, 1.807) is 7.11 Å². The predicted molar refractivity (Wildman–Crippen MR) is 140 cm³/mol. The van der Waals surface area contributed by atoms with Gasteiger partial charge in [0.25, 0.3) is 0 Å². The third-order valence-corrected chi connectivity index (χ3v) is 7.33. The minimum atomic E-state index is -0.645. The van der Waals surface area contributed by atoms with Crippen molar-refractivity contribution in [3.63, 3.8) is 0 Å². The molecule has 1 fully saturated rings. The Labute approximate surface area is 207 Å². The average Bonchev–Trinajstić information content (AvgIpc) is 3.05. The molecule has 5 nitrogen and oxygen atoms in total. The van der Waals surface area contributed by atoms with Crippen molar-refractivity contribution in [3.8, 4) is 11.5 Å². The van der Waals surface area contributed by atoms with Crippen LogP contribution in [-0.4, -0.2) is 25.2 Å². The highest BCUT2D eigenvalue weighted by Gasteiger charge is 2.57. The van der Waals surface area contributed by atoms with Gasteiger partial charge in [-0.25, -0.2) is 0 Å². The molecule has 1 N–H and O–H groups in total. The van der Waals surface area contributed by atoms with Gasteiger partial charge in [0.05, 0.1) is 7.11 Å². The number of ether oxygens (including phenoxy) is 2. The molecule has 35 heavy (non-hydrogen) atoms. The van der Waals surface area contributed by atoms with E-state index in [2.05, 4.69) is 61.3 Å². The van der Waals surface area contributed by atoms with Crippen LogP contribution in [0.3, 0.4) is 0 Å². The highest BCUT2D eigenvalue weighted by molar-refractivity contribution is 5.84. The quantitative estimate of drug-likeness (QED) is 0.511. The minimum absolute atomic E-state index is 0.0748. The van der Waals surface area contributed by atoms with Gasteiger partial charge >= 0.3 is 0 Å². The largest absolute Gasteiger partial charge is 0.493 e. The first kappa shape index (κ1) is 23.0. The molecule has 0 spiro atoms. The Morgan fingerprint density at radius 1 is 1.03 bits per heavy atom. The molecule has 5 heteroatoms. The summed E-state index contributed by atoms with van der Waals surface area (Å²) in [7, 11) is 1.65. The maximum Gasteiger partial charge on any atom is 0.223 e. The first-order chi connectivity index (χ1) is 16.8. The van der Waals surface area contributed by atoms with Crippen LogP contribution in [0.15, 0.2) is 72.8 Å². The number of benzene rings is 3.